The Kier molecular flexibility index (Phi) is 5.22. The van der Waals surface area contributed by atoms with E-state index in [1.165, 1.54) is 29.7 Å². The van der Waals surface area contributed by atoms with E-state index in [2.05, 4.69) is 10.6 Å². The second kappa shape index (κ2) is 7.73. The van der Waals surface area contributed by atoms with Crippen molar-refractivity contribution in [1.82, 2.24) is 0 Å². The van der Waals surface area contributed by atoms with E-state index in [-0.39, 0.29) is 17.4 Å². The first-order valence-electron chi connectivity index (χ1n) is 9.70. The van der Waals surface area contributed by atoms with Crippen LogP contribution in [0.4, 0.5) is 17.1 Å². The second-order valence-electron chi connectivity index (χ2n) is 7.80. The van der Waals surface area contributed by atoms with Crippen LogP contribution in [-0.2, 0) is 19.1 Å². The quantitative estimate of drug-likeness (QED) is 0.713. The first-order chi connectivity index (χ1) is 14.7. The van der Waals surface area contributed by atoms with Gasteiger partial charge < -0.3 is 15.4 Å². The van der Waals surface area contributed by atoms with Crippen molar-refractivity contribution in [2.75, 3.05) is 21.3 Å². The van der Waals surface area contributed by atoms with Crippen LogP contribution < -0.4 is 15.5 Å². The Hall–Kier alpha value is -3.33. The number of carbonyl (C=O) groups excluding carboxylic acids is 4. The van der Waals surface area contributed by atoms with E-state index in [4.69, 9.17) is 4.74 Å². The lowest BCUT2D eigenvalue weighted by molar-refractivity contribution is -0.131. The van der Waals surface area contributed by atoms with E-state index < -0.39 is 23.5 Å². The Morgan fingerprint density at radius 1 is 1.10 bits per heavy atom. The van der Waals surface area contributed by atoms with E-state index in [1.807, 2.05) is 0 Å². The van der Waals surface area contributed by atoms with E-state index >= 15 is 0 Å². The number of rotatable bonds is 3. The molecule has 1 atom stereocenters. The zero-order chi connectivity index (χ0) is 22.3. The second-order valence-corrected chi connectivity index (χ2v) is 8.82. The molecule has 8 nitrogen and oxygen atoms in total. The molecular formula is C22H21N3O5S. The minimum atomic E-state index is -1.17. The summed E-state index contributed by atoms with van der Waals surface area (Å²) in [7, 11) is 0. The number of nitrogens with zero attached hydrogens (tertiary/aromatic N) is 1. The number of anilines is 3. The van der Waals surface area contributed by atoms with Gasteiger partial charge in [-0.05, 0) is 51.1 Å². The van der Waals surface area contributed by atoms with E-state index in [0.717, 1.165) is 4.90 Å². The highest BCUT2D eigenvalue weighted by Crippen LogP contribution is 2.37. The zero-order valence-corrected chi connectivity index (χ0v) is 18.0. The minimum Gasteiger partial charge on any atom is -0.449 e. The summed E-state index contributed by atoms with van der Waals surface area (Å²) in [4.78, 5) is 52.4. The van der Waals surface area contributed by atoms with Crippen LogP contribution in [0.1, 0.15) is 31.1 Å². The summed E-state index contributed by atoms with van der Waals surface area (Å²) in [5, 5.41) is 5.52. The molecule has 3 amide bonds. The van der Waals surface area contributed by atoms with Crippen LogP contribution in [0.5, 0.6) is 0 Å². The molecule has 0 bridgehead atoms. The average molecular weight is 439 g/mol. The first kappa shape index (κ1) is 20.9. The topological polar surface area (TPSA) is 105 Å². The van der Waals surface area contributed by atoms with Crippen molar-refractivity contribution in [1.29, 1.82) is 0 Å². The maximum absolute atomic E-state index is 13.3. The summed E-state index contributed by atoms with van der Waals surface area (Å²) in [6.07, 6.45) is -1.13. The summed E-state index contributed by atoms with van der Waals surface area (Å²) < 4.78 is 5.43. The first-order valence-corrected chi connectivity index (χ1v) is 10.7. The molecule has 2 N–H and O–H groups in total. The van der Waals surface area contributed by atoms with Gasteiger partial charge in [-0.15, -0.1) is 11.8 Å². The molecule has 2 aromatic rings. The highest BCUT2D eigenvalue weighted by atomic mass is 32.2. The van der Waals surface area contributed by atoms with Gasteiger partial charge in [-0.3, -0.25) is 19.3 Å². The number of nitrogens with one attached hydrogen (secondary N) is 2. The Bertz CT molecular complexity index is 1110. The number of hydrogen-bond donors (Lipinski definition) is 2. The molecule has 0 saturated heterocycles. The third-order valence-electron chi connectivity index (χ3n) is 5.21. The van der Waals surface area contributed by atoms with Gasteiger partial charge in [0.1, 0.15) is 5.54 Å². The van der Waals surface area contributed by atoms with Gasteiger partial charge in [-0.25, -0.2) is 4.79 Å². The normalized spacial score (nSPS) is 17.6. The van der Waals surface area contributed by atoms with Crippen LogP contribution in [0.2, 0.25) is 0 Å². The summed E-state index contributed by atoms with van der Waals surface area (Å²) in [6.45, 7) is 4.74. The van der Waals surface area contributed by atoms with Crippen LogP contribution in [0, 0.1) is 0 Å². The molecule has 0 aliphatic carbocycles. The molecule has 2 heterocycles. The van der Waals surface area contributed by atoms with Crippen molar-refractivity contribution in [2.45, 2.75) is 37.3 Å². The molecule has 0 unspecified atom stereocenters. The number of carbonyl (C=O) groups is 4. The number of fused-ring (bicyclic) bond motifs is 2. The van der Waals surface area contributed by atoms with Crippen molar-refractivity contribution in [3.63, 3.8) is 0 Å². The molecule has 2 aliphatic heterocycles. The molecule has 0 fully saturated rings. The number of ether oxygens (including phenoxy) is 1. The minimum absolute atomic E-state index is 0.143. The maximum atomic E-state index is 13.3. The lowest BCUT2D eigenvalue weighted by atomic mass is 9.95. The Morgan fingerprint density at radius 2 is 1.84 bits per heavy atom. The van der Waals surface area contributed by atoms with E-state index in [0.29, 0.717) is 22.8 Å². The van der Waals surface area contributed by atoms with Gasteiger partial charge in [0.2, 0.25) is 11.8 Å². The van der Waals surface area contributed by atoms with Gasteiger partial charge >= 0.3 is 5.97 Å². The molecule has 0 saturated carbocycles. The SMILES string of the molecule is C[C@H](OC(=O)c1ccc2c(c1)NC(=O)CS2)C(=O)N1c2ccccc2NC(=O)C1(C)C. The Morgan fingerprint density at radius 3 is 2.61 bits per heavy atom. The monoisotopic (exact) mass is 439 g/mol. The molecule has 2 aromatic carbocycles. The van der Waals surface area contributed by atoms with Crippen LogP contribution in [0.3, 0.4) is 0 Å². The van der Waals surface area contributed by atoms with Gasteiger partial charge in [0.15, 0.2) is 6.10 Å². The molecular weight excluding hydrogens is 418 g/mol. The molecule has 9 heteroatoms. The molecule has 0 radical (unpaired) electrons. The third kappa shape index (κ3) is 3.76. The Labute approximate surface area is 183 Å². The fourth-order valence-electron chi connectivity index (χ4n) is 3.52. The molecule has 4 rings (SSSR count). The van der Waals surface area contributed by atoms with Crippen LogP contribution in [0.15, 0.2) is 47.4 Å². The van der Waals surface area contributed by atoms with Crippen molar-refractivity contribution < 1.29 is 23.9 Å². The largest absolute Gasteiger partial charge is 0.449 e. The molecule has 31 heavy (non-hydrogen) atoms. The predicted molar refractivity (Wildman–Crippen MR) is 117 cm³/mol. The number of hydrogen-bond acceptors (Lipinski definition) is 6. The van der Waals surface area contributed by atoms with Crippen LogP contribution in [0.25, 0.3) is 0 Å². The number of para-hydroxylation sites is 2. The fraction of sp³-hybridized carbons (Fsp3) is 0.273. The van der Waals surface area contributed by atoms with Gasteiger partial charge in [0.25, 0.3) is 5.91 Å². The average Bonchev–Trinajstić information content (AvgIpc) is 2.73. The molecule has 0 aromatic heterocycles. The molecule has 160 valence electrons. The third-order valence-corrected chi connectivity index (χ3v) is 6.28. The lowest BCUT2D eigenvalue weighted by Gasteiger charge is -2.42. The lowest BCUT2D eigenvalue weighted by Crippen LogP contribution is -2.60. The smallest absolute Gasteiger partial charge is 0.338 e. The predicted octanol–water partition coefficient (Wildman–Crippen LogP) is 3.04. The summed E-state index contributed by atoms with van der Waals surface area (Å²) in [5.41, 5.74) is 0.643. The summed E-state index contributed by atoms with van der Waals surface area (Å²) >= 11 is 1.39. The number of thioether (sulfide) groups is 1. The number of benzene rings is 2. The molecule has 2 aliphatic rings. The van der Waals surface area contributed by atoms with Crippen LogP contribution in [-0.4, -0.2) is 41.1 Å². The standard InChI is InChI=1S/C22H21N3O5S/c1-12(30-20(28)13-8-9-17-15(10-13)23-18(26)11-31-17)19(27)25-16-7-5-4-6-14(16)24-21(29)22(25,2)3/h4-10,12H,11H2,1-3H3,(H,23,26)(H,24,29)/t12-/m0/s1. The van der Waals surface area contributed by atoms with E-state index in [9.17, 15) is 19.2 Å². The van der Waals surface area contributed by atoms with Gasteiger partial charge in [-0.1, -0.05) is 12.1 Å². The maximum Gasteiger partial charge on any atom is 0.338 e. The number of amides is 3. The van der Waals surface area contributed by atoms with Crippen molar-refractivity contribution in [3.05, 3.63) is 48.0 Å². The van der Waals surface area contributed by atoms with Gasteiger partial charge in [0.05, 0.1) is 28.4 Å². The highest BCUT2D eigenvalue weighted by Gasteiger charge is 2.45. The van der Waals surface area contributed by atoms with Crippen LogP contribution >= 0.6 is 11.8 Å². The van der Waals surface area contributed by atoms with Gasteiger partial charge in [0, 0.05) is 4.90 Å². The summed E-state index contributed by atoms with van der Waals surface area (Å²) in [5.74, 6) is -1.36. The zero-order valence-electron chi connectivity index (χ0n) is 17.2. The van der Waals surface area contributed by atoms with E-state index in [1.54, 1.807) is 50.2 Å². The van der Waals surface area contributed by atoms with Crippen molar-refractivity contribution in [2.24, 2.45) is 0 Å². The van der Waals surface area contributed by atoms with Crippen molar-refractivity contribution in [3.8, 4) is 0 Å². The fourth-order valence-corrected chi connectivity index (χ4v) is 4.31. The number of esters is 1. The van der Waals surface area contributed by atoms with Gasteiger partial charge in [-0.2, -0.15) is 0 Å². The highest BCUT2D eigenvalue weighted by molar-refractivity contribution is 8.00. The van der Waals surface area contributed by atoms with Crippen molar-refractivity contribution >= 4 is 52.5 Å². The Balaban J connectivity index is 1.56. The summed E-state index contributed by atoms with van der Waals surface area (Å²) in [6, 6.07) is 11.8. The molecule has 0 spiro atoms.